The summed E-state index contributed by atoms with van der Waals surface area (Å²) in [6.07, 6.45) is 2.37. The zero-order valence-corrected chi connectivity index (χ0v) is 14.7. The van der Waals surface area contributed by atoms with Crippen LogP contribution >= 0.6 is 0 Å². The van der Waals surface area contributed by atoms with Crippen molar-refractivity contribution in [3.8, 4) is 0 Å². The number of hydrogen-bond donors (Lipinski definition) is 1. The van der Waals surface area contributed by atoms with Crippen LogP contribution in [0.2, 0.25) is 0 Å². The summed E-state index contributed by atoms with van der Waals surface area (Å²) in [7, 11) is -0.516. The standard InChI is InChI=1S/C18H20BFN2O3/c1-17(2)18(3,4)25-19(24-17)13-6-5-7-15(9-13)22-16(23)12-8-14(20)11-21-10-12/h5-11H,1-4H3,(H,22,23). The Hall–Kier alpha value is -2.25. The molecule has 3 rings (SSSR count). The van der Waals surface area contributed by atoms with Gasteiger partial charge in [-0.2, -0.15) is 0 Å². The van der Waals surface area contributed by atoms with Crippen molar-refractivity contribution in [2.45, 2.75) is 38.9 Å². The molecule has 1 aliphatic rings. The molecule has 2 heterocycles. The molecule has 1 N–H and O–H groups in total. The van der Waals surface area contributed by atoms with Crippen molar-refractivity contribution >= 4 is 24.2 Å². The normalized spacial score (nSPS) is 18.2. The average molecular weight is 342 g/mol. The monoisotopic (exact) mass is 342 g/mol. The third-order valence-corrected chi connectivity index (χ3v) is 4.64. The van der Waals surface area contributed by atoms with E-state index in [1.54, 1.807) is 18.2 Å². The second-order valence-electron chi connectivity index (χ2n) is 7.06. The smallest absolute Gasteiger partial charge is 0.399 e. The quantitative estimate of drug-likeness (QED) is 0.872. The van der Waals surface area contributed by atoms with E-state index in [0.29, 0.717) is 5.69 Å². The fraction of sp³-hybridized carbons (Fsp3) is 0.333. The minimum Gasteiger partial charge on any atom is -0.399 e. The largest absolute Gasteiger partial charge is 0.494 e. The molecule has 0 aliphatic carbocycles. The van der Waals surface area contributed by atoms with E-state index in [0.717, 1.165) is 17.7 Å². The van der Waals surface area contributed by atoms with Gasteiger partial charge in [-0.05, 0) is 51.4 Å². The van der Waals surface area contributed by atoms with Gasteiger partial charge in [0.2, 0.25) is 0 Å². The molecular formula is C18H20BFN2O3. The number of rotatable bonds is 3. The molecule has 0 radical (unpaired) electrons. The van der Waals surface area contributed by atoms with Crippen molar-refractivity contribution in [1.82, 2.24) is 4.98 Å². The summed E-state index contributed by atoms with van der Waals surface area (Å²) in [4.78, 5) is 15.9. The van der Waals surface area contributed by atoms with Gasteiger partial charge < -0.3 is 14.6 Å². The number of carbonyl (C=O) groups excluding carboxylic acids is 1. The Kier molecular flexibility index (Phi) is 4.39. The molecule has 25 heavy (non-hydrogen) atoms. The van der Waals surface area contributed by atoms with Gasteiger partial charge in [0.1, 0.15) is 5.82 Å². The van der Waals surface area contributed by atoms with Crippen LogP contribution in [0.4, 0.5) is 10.1 Å². The van der Waals surface area contributed by atoms with Gasteiger partial charge in [0, 0.05) is 11.9 Å². The lowest BCUT2D eigenvalue weighted by atomic mass is 9.79. The molecule has 1 fully saturated rings. The topological polar surface area (TPSA) is 60.5 Å². The number of benzene rings is 1. The lowest BCUT2D eigenvalue weighted by Gasteiger charge is -2.32. The van der Waals surface area contributed by atoms with Crippen molar-refractivity contribution in [2.75, 3.05) is 5.32 Å². The van der Waals surface area contributed by atoms with E-state index in [-0.39, 0.29) is 5.56 Å². The van der Waals surface area contributed by atoms with Crippen molar-refractivity contribution in [1.29, 1.82) is 0 Å². The second kappa shape index (κ2) is 6.24. The summed E-state index contributed by atoms with van der Waals surface area (Å²) < 4.78 is 25.2. The molecule has 1 saturated heterocycles. The Bertz CT molecular complexity index is 794. The van der Waals surface area contributed by atoms with Crippen LogP contribution in [0.15, 0.2) is 42.7 Å². The second-order valence-corrected chi connectivity index (χ2v) is 7.06. The average Bonchev–Trinajstić information content (AvgIpc) is 2.76. The minimum absolute atomic E-state index is 0.154. The van der Waals surface area contributed by atoms with Gasteiger partial charge in [0.25, 0.3) is 5.91 Å². The Morgan fingerprint density at radius 2 is 1.80 bits per heavy atom. The molecule has 1 aromatic carbocycles. The van der Waals surface area contributed by atoms with Crippen LogP contribution in [-0.2, 0) is 9.31 Å². The van der Waals surface area contributed by atoms with E-state index in [1.165, 1.54) is 6.20 Å². The predicted molar refractivity (Wildman–Crippen MR) is 94.3 cm³/mol. The maximum atomic E-state index is 13.2. The van der Waals surface area contributed by atoms with Gasteiger partial charge in [-0.1, -0.05) is 12.1 Å². The predicted octanol–water partition coefficient (Wildman–Crippen LogP) is 2.77. The van der Waals surface area contributed by atoms with Crippen molar-refractivity contribution < 1.29 is 18.5 Å². The highest BCUT2D eigenvalue weighted by Gasteiger charge is 2.51. The van der Waals surface area contributed by atoms with Crippen LogP contribution in [0.25, 0.3) is 0 Å². The third-order valence-electron chi connectivity index (χ3n) is 4.64. The molecule has 1 aromatic heterocycles. The number of aromatic nitrogens is 1. The van der Waals surface area contributed by atoms with Gasteiger partial charge in [0.05, 0.1) is 23.0 Å². The highest BCUT2D eigenvalue weighted by Crippen LogP contribution is 2.36. The fourth-order valence-corrected chi connectivity index (χ4v) is 2.48. The molecule has 2 aromatic rings. The maximum Gasteiger partial charge on any atom is 0.494 e. The Morgan fingerprint density at radius 1 is 1.12 bits per heavy atom. The molecule has 0 atom stereocenters. The summed E-state index contributed by atoms with van der Waals surface area (Å²) in [6, 6.07) is 8.36. The van der Waals surface area contributed by atoms with E-state index in [9.17, 15) is 9.18 Å². The van der Waals surface area contributed by atoms with Crippen molar-refractivity contribution in [2.24, 2.45) is 0 Å². The molecule has 1 amide bonds. The summed E-state index contributed by atoms with van der Waals surface area (Å²) in [5.74, 6) is -0.989. The summed E-state index contributed by atoms with van der Waals surface area (Å²) in [5.41, 5.74) is 0.644. The van der Waals surface area contributed by atoms with Crippen LogP contribution in [0.1, 0.15) is 38.1 Å². The summed E-state index contributed by atoms with van der Waals surface area (Å²) >= 11 is 0. The van der Waals surface area contributed by atoms with Gasteiger partial charge in [-0.3, -0.25) is 9.78 Å². The van der Waals surface area contributed by atoms with Crippen LogP contribution in [-0.4, -0.2) is 29.2 Å². The molecule has 130 valence electrons. The number of hydrogen-bond acceptors (Lipinski definition) is 4. The first-order chi connectivity index (χ1) is 11.7. The Labute approximate surface area is 146 Å². The number of amides is 1. The van der Waals surface area contributed by atoms with E-state index in [4.69, 9.17) is 9.31 Å². The first-order valence-corrected chi connectivity index (χ1v) is 8.05. The number of pyridine rings is 1. The van der Waals surface area contributed by atoms with Gasteiger partial charge in [-0.15, -0.1) is 0 Å². The van der Waals surface area contributed by atoms with Crippen molar-refractivity contribution in [3.63, 3.8) is 0 Å². The van der Waals surface area contributed by atoms with E-state index < -0.39 is 30.0 Å². The Balaban J connectivity index is 1.78. The zero-order valence-electron chi connectivity index (χ0n) is 14.7. The highest BCUT2D eigenvalue weighted by atomic mass is 19.1. The minimum atomic E-state index is -0.557. The number of nitrogens with one attached hydrogen (secondary N) is 1. The van der Waals surface area contributed by atoms with Crippen LogP contribution in [0.3, 0.4) is 0 Å². The Morgan fingerprint density at radius 3 is 2.44 bits per heavy atom. The lowest BCUT2D eigenvalue weighted by molar-refractivity contribution is 0.00578. The summed E-state index contributed by atoms with van der Waals surface area (Å²) in [6.45, 7) is 7.93. The van der Waals surface area contributed by atoms with Crippen molar-refractivity contribution in [3.05, 3.63) is 54.1 Å². The molecule has 0 saturated carbocycles. The maximum absolute atomic E-state index is 13.2. The first kappa shape index (κ1) is 17.6. The molecule has 5 nitrogen and oxygen atoms in total. The summed E-state index contributed by atoms with van der Waals surface area (Å²) in [5, 5.41) is 2.73. The molecule has 0 unspecified atom stereocenters. The molecular weight excluding hydrogens is 322 g/mol. The fourth-order valence-electron chi connectivity index (χ4n) is 2.48. The SMILES string of the molecule is CC1(C)OB(c2cccc(NC(=O)c3cncc(F)c3)c2)OC1(C)C. The van der Waals surface area contributed by atoms with Gasteiger partial charge in [-0.25, -0.2) is 4.39 Å². The molecule has 1 aliphatic heterocycles. The van der Waals surface area contributed by atoms with Crippen LogP contribution < -0.4 is 10.8 Å². The number of carbonyl (C=O) groups is 1. The van der Waals surface area contributed by atoms with E-state index in [1.807, 2.05) is 33.8 Å². The van der Waals surface area contributed by atoms with Crippen LogP contribution in [0.5, 0.6) is 0 Å². The number of anilines is 1. The van der Waals surface area contributed by atoms with E-state index in [2.05, 4.69) is 10.3 Å². The van der Waals surface area contributed by atoms with Gasteiger partial charge >= 0.3 is 7.12 Å². The molecule has 7 heteroatoms. The van der Waals surface area contributed by atoms with E-state index >= 15 is 0 Å². The third kappa shape index (κ3) is 3.57. The lowest BCUT2D eigenvalue weighted by Crippen LogP contribution is -2.41. The molecule has 0 spiro atoms. The number of nitrogens with zero attached hydrogens (tertiary/aromatic N) is 1. The highest BCUT2D eigenvalue weighted by molar-refractivity contribution is 6.62. The first-order valence-electron chi connectivity index (χ1n) is 8.05. The van der Waals surface area contributed by atoms with Gasteiger partial charge in [0.15, 0.2) is 0 Å². The molecule has 0 bridgehead atoms. The zero-order chi connectivity index (χ0) is 18.2. The van der Waals surface area contributed by atoms with Crippen LogP contribution in [0, 0.1) is 5.82 Å². The number of halogens is 1.